The first kappa shape index (κ1) is 21.9. The summed E-state index contributed by atoms with van der Waals surface area (Å²) in [6.07, 6.45) is -0.619. The molecule has 0 saturated carbocycles. The van der Waals surface area contributed by atoms with Gasteiger partial charge >= 0.3 is 11.9 Å². The molecule has 2 aromatic rings. The summed E-state index contributed by atoms with van der Waals surface area (Å²) in [5.74, 6) is -1.34. The molecule has 0 saturated heterocycles. The van der Waals surface area contributed by atoms with E-state index in [0.717, 1.165) is 11.1 Å². The minimum atomic E-state index is -0.883. The third kappa shape index (κ3) is 7.29. The third-order valence-electron chi connectivity index (χ3n) is 4.11. The van der Waals surface area contributed by atoms with E-state index in [-0.39, 0.29) is 6.42 Å². The van der Waals surface area contributed by atoms with Crippen LogP contribution in [0.15, 0.2) is 54.6 Å². The van der Waals surface area contributed by atoms with Gasteiger partial charge in [0.2, 0.25) is 0 Å². The van der Waals surface area contributed by atoms with E-state index in [1.165, 1.54) is 14.0 Å². The lowest BCUT2D eigenvalue weighted by Crippen LogP contribution is -2.45. The molecule has 0 fully saturated rings. The Labute approximate surface area is 170 Å². The summed E-state index contributed by atoms with van der Waals surface area (Å²) < 4.78 is 15.2. The normalized spacial score (nSPS) is 12.4. The third-order valence-corrected chi connectivity index (χ3v) is 4.11. The second-order valence-corrected chi connectivity index (χ2v) is 6.51. The average Bonchev–Trinajstić information content (AvgIpc) is 2.73. The van der Waals surface area contributed by atoms with Crippen LogP contribution in [0.25, 0.3) is 0 Å². The second-order valence-electron chi connectivity index (χ2n) is 6.51. The summed E-state index contributed by atoms with van der Waals surface area (Å²) in [6, 6.07) is 15.5. The Hall–Kier alpha value is -3.35. The fourth-order valence-corrected chi connectivity index (χ4v) is 2.54. The number of aryl methyl sites for hydroxylation is 1. The van der Waals surface area contributed by atoms with Gasteiger partial charge in [0.15, 0.2) is 12.7 Å². The number of hydrogen-bond acceptors (Lipinski definition) is 6. The zero-order valence-corrected chi connectivity index (χ0v) is 16.7. The number of rotatable bonds is 9. The molecule has 2 rings (SSSR count). The maximum absolute atomic E-state index is 12.1. The van der Waals surface area contributed by atoms with Crippen LogP contribution in [0.1, 0.15) is 18.1 Å². The summed E-state index contributed by atoms with van der Waals surface area (Å²) in [7, 11) is 1.25. The van der Waals surface area contributed by atoms with Crippen molar-refractivity contribution in [1.82, 2.24) is 5.32 Å². The second kappa shape index (κ2) is 10.8. The van der Waals surface area contributed by atoms with Crippen molar-refractivity contribution < 1.29 is 28.6 Å². The maximum Gasteiger partial charge on any atom is 0.347 e. The number of carbonyl (C=O) groups is 3. The standard InChI is InChI=1S/C22H25NO6/c1-15-9-11-18(12-10-15)29-16(2)21(25)28-14-20(24)23-19(22(26)27-3)13-17-7-5-4-6-8-17/h4-12,16,19H,13-14H2,1-3H3,(H,23,24). The van der Waals surface area contributed by atoms with Gasteiger partial charge in [0.05, 0.1) is 7.11 Å². The van der Waals surface area contributed by atoms with E-state index in [1.807, 2.05) is 49.4 Å². The fourth-order valence-electron chi connectivity index (χ4n) is 2.54. The lowest BCUT2D eigenvalue weighted by atomic mass is 10.1. The molecule has 1 N–H and O–H groups in total. The van der Waals surface area contributed by atoms with Gasteiger partial charge in [0.25, 0.3) is 5.91 Å². The van der Waals surface area contributed by atoms with E-state index in [0.29, 0.717) is 5.75 Å². The predicted octanol–water partition coefficient (Wildman–Crippen LogP) is 2.21. The van der Waals surface area contributed by atoms with Gasteiger partial charge in [0.1, 0.15) is 11.8 Å². The quantitative estimate of drug-likeness (QED) is 0.650. The van der Waals surface area contributed by atoms with Crippen LogP contribution in [-0.4, -0.2) is 43.7 Å². The Morgan fingerprint density at radius 2 is 1.62 bits per heavy atom. The van der Waals surface area contributed by atoms with Crippen LogP contribution in [0.2, 0.25) is 0 Å². The van der Waals surface area contributed by atoms with Crippen LogP contribution in [-0.2, 0) is 30.3 Å². The molecule has 0 aliphatic heterocycles. The highest BCUT2D eigenvalue weighted by Crippen LogP contribution is 2.13. The molecule has 7 heteroatoms. The van der Waals surface area contributed by atoms with Crippen molar-refractivity contribution in [3.05, 3.63) is 65.7 Å². The van der Waals surface area contributed by atoms with E-state index in [1.54, 1.807) is 12.1 Å². The number of amides is 1. The van der Waals surface area contributed by atoms with E-state index < -0.39 is 36.6 Å². The van der Waals surface area contributed by atoms with Crippen LogP contribution in [0.5, 0.6) is 5.75 Å². The topological polar surface area (TPSA) is 90.9 Å². The van der Waals surface area contributed by atoms with Gasteiger partial charge in [-0.25, -0.2) is 9.59 Å². The lowest BCUT2D eigenvalue weighted by molar-refractivity contribution is -0.155. The van der Waals surface area contributed by atoms with Crippen molar-refractivity contribution in [2.45, 2.75) is 32.4 Å². The first-order chi connectivity index (χ1) is 13.9. The van der Waals surface area contributed by atoms with Gasteiger partial charge in [-0.15, -0.1) is 0 Å². The van der Waals surface area contributed by atoms with Crippen LogP contribution < -0.4 is 10.1 Å². The summed E-state index contributed by atoms with van der Waals surface area (Å²) in [6.45, 7) is 2.95. The molecular weight excluding hydrogens is 374 g/mol. The number of esters is 2. The smallest absolute Gasteiger partial charge is 0.347 e. The predicted molar refractivity (Wildman–Crippen MR) is 106 cm³/mol. The molecule has 0 radical (unpaired) electrons. The first-order valence-corrected chi connectivity index (χ1v) is 9.20. The Morgan fingerprint density at radius 3 is 2.24 bits per heavy atom. The highest BCUT2D eigenvalue weighted by molar-refractivity contribution is 5.86. The molecule has 0 aliphatic rings. The zero-order valence-electron chi connectivity index (χ0n) is 16.7. The summed E-state index contributed by atoms with van der Waals surface area (Å²) >= 11 is 0. The molecule has 2 unspecified atom stereocenters. The number of benzene rings is 2. The van der Waals surface area contributed by atoms with Crippen molar-refractivity contribution in [3.63, 3.8) is 0 Å². The van der Waals surface area contributed by atoms with Crippen molar-refractivity contribution in [2.75, 3.05) is 13.7 Å². The zero-order chi connectivity index (χ0) is 21.2. The minimum Gasteiger partial charge on any atom is -0.479 e. The average molecular weight is 399 g/mol. The highest BCUT2D eigenvalue weighted by atomic mass is 16.6. The molecular formula is C22H25NO6. The maximum atomic E-state index is 12.1. The first-order valence-electron chi connectivity index (χ1n) is 9.20. The molecule has 0 heterocycles. The molecule has 2 aromatic carbocycles. The minimum absolute atomic E-state index is 0.264. The highest BCUT2D eigenvalue weighted by Gasteiger charge is 2.23. The van der Waals surface area contributed by atoms with Crippen LogP contribution in [0.4, 0.5) is 0 Å². The molecule has 29 heavy (non-hydrogen) atoms. The summed E-state index contributed by atoms with van der Waals surface area (Å²) in [5.41, 5.74) is 1.93. The summed E-state index contributed by atoms with van der Waals surface area (Å²) in [5, 5.41) is 2.53. The number of methoxy groups -OCH3 is 1. The number of carbonyl (C=O) groups excluding carboxylic acids is 3. The van der Waals surface area contributed by atoms with Crippen LogP contribution in [0, 0.1) is 6.92 Å². The molecule has 1 amide bonds. The number of nitrogens with one attached hydrogen (secondary N) is 1. The molecule has 0 bridgehead atoms. The Balaban J connectivity index is 1.84. The number of hydrogen-bond donors (Lipinski definition) is 1. The molecule has 0 spiro atoms. The van der Waals surface area contributed by atoms with Crippen molar-refractivity contribution in [1.29, 1.82) is 0 Å². The number of ether oxygens (including phenoxy) is 3. The van der Waals surface area contributed by atoms with Gasteiger partial charge in [0, 0.05) is 6.42 Å². The van der Waals surface area contributed by atoms with Crippen molar-refractivity contribution >= 4 is 17.8 Å². The van der Waals surface area contributed by atoms with Gasteiger partial charge < -0.3 is 19.5 Å². The largest absolute Gasteiger partial charge is 0.479 e. The molecule has 0 aliphatic carbocycles. The molecule has 0 aromatic heterocycles. The molecule has 7 nitrogen and oxygen atoms in total. The SMILES string of the molecule is COC(=O)C(Cc1ccccc1)NC(=O)COC(=O)C(C)Oc1ccc(C)cc1. The molecule has 2 atom stereocenters. The van der Waals surface area contributed by atoms with E-state index in [2.05, 4.69) is 5.32 Å². The van der Waals surface area contributed by atoms with E-state index in [4.69, 9.17) is 14.2 Å². The summed E-state index contributed by atoms with van der Waals surface area (Å²) in [4.78, 5) is 36.2. The van der Waals surface area contributed by atoms with Crippen molar-refractivity contribution in [3.8, 4) is 5.75 Å². The lowest BCUT2D eigenvalue weighted by Gasteiger charge is -2.17. The van der Waals surface area contributed by atoms with Gasteiger partial charge in [-0.05, 0) is 31.5 Å². The Kier molecular flexibility index (Phi) is 8.21. The molecule has 154 valence electrons. The van der Waals surface area contributed by atoms with Gasteiger partial charge in [-0.2, -0.15) is 0 Å². The Morgan fingerprint density at radius 1 is 0.966 bits per heavy atom. The van der Waals surface area contributed by atoms with Gasteiger partial charge in [-0.1, -0.05) is 48.0 Å². The fraction of sp³-hybridized carbons (Fsp3) is 0.318. The Bertz CT molecular complexity index is 819. The van der Waals surface area contributed by atoms with Crippen LogP contribution >= 0.6 is 0 Å². The monoisotopic (exact) mass is 399 g/mol. The van der Waals surface area contributed by atoms with Gasteiger partial charge in [-0.3, -0.25) is 4.79 Å². The van der Waals surface area contributed by atoms with E-state index >= 15 is 0 Å². The van der Waals surface area contributed by atoms with E-state index in [9.17, 15) is 14.4 Å². The van der Waals surface area contributed by atoms with Crippen molar-refractivity contribution in [2.24, 2.45) is 0 Å². The van der Waals surface area contributed by atoms with Crippen LogP contribution in [0.3, 0.4) is 0 Å².